The molecule has 3 rings (SSSR count). The monoisotopic (exact) mass is 446 g/mol. The van der Waals surface area contributed by atoms with E-state index in [4.69, 9.17) is 9.16 Å². The van der Waals surface area contributed by atoms with Crippen LogP contribution in [0.4, 0.5) is 5.82 Å². The summed E-state index contributed by atoms with van der Waals surface area (Å²) in [5.41, 5.74) is 0.760. The van der Waals surface area contributed by atoms with Gasteiger partial charge in [0.1, 0.15) is 23.9 Å². The van der Waals surface area contributed by atoms with Crippen molar-refractivity contribution in [3.05, 3.63) is 18.6 Å². The van der Waals surface area contributed by atoms with Gasteiger partial charge in [0, 0.05) is 45.0 Å². The first-order valence-electron chi connectivity index (χ1n) is 10.8. The predicted molar refractivity (Wildman–Crippen MR) is 122 cm³/mol. The Morgan fingerprint density at radius 3 is 2.55 bits per heavy atom. The lowest BCUT2D eigenvalue weighted by Crippen LogP contribution is -2.42. The Labute approximate surface area is 184 Å². The summed E-state index contributed by atoms with van der Waals surface area (Å²) >= 11 is 0. The topological polar surface area (TPSA) is 95.3 Å². The van der Waals surface area contributed by atoms with Crippen LogP contribution in [0.2, 0.25) is 18.1 Å². The molecule has 3 atom stereocenters. The molecule has 31 heavy (non-hydrogen) atoms. The van der Waals surface area contributed by atoms with E-state index in [1.165, 1.54) is 20.2 Å². The van der Waals surface area contributed by atoms with Crippen LogP contribution in [0, 0.1) is 5.92 Å². The summed E-state index contributed by atoms with van der Waals surface area (Å²) in [6.07, 6.45) is 4.77. The van der Waals surface area contributed by atoms with Gasteiger partial charge in [-0.2, -0.15) is 0 Å². The van der Waals surface area contributed by atoms with E-state index >= 15 is 0 Å². The highest BCUT2D eigenvalue weighted by Gasteiger charge is 2.42. The SMILES string of the molecule is CC(=O)Nc1ncnc2c1ccn2C1CC(CO[Si](C)(C)C(C)(C)C)C(OC(C)=O)C1. The molecule has 1 amide bonds. The van der Waals surface area contributed by atoms with Gasteiger partial charge >= 0.3 is 5.97 Å². The molecule has 0 aromatic carbocycles. The Hall–Kier alpha value is -2.26. The number of ether oxygens (including phenoxy) is 1. The molecule has 0 spiro atoms. The van der Waals surface area contributed by atoms with Gasteiger partial charge in [-0.05, 0) is 30.6 Å². The van der Waals surface area contributed by atoms with Gasteiger partial charge in [0.05, 0.1) is 5.39 Å². The van der Waals surface area contributed by atoms with E-state index in [1.807, 2.05) is 12.3 Å². The van der Waals surface area contributed by atoms with Crippen LogP contribution < -0.4 is 5.32 Å². The molecule has 9 heteroatoms. The van der Waals surface area contributed by atoms with Gasteiger partial charge in [0.25, 0.3) is 0 Å². The Balaban J connectivity index is 1.83. The average Bonchev–Trinajstić information content (AvgIpc) is 3.22. The summed E-state index contributed by atoms with van der Waals surface area (Å²) < 4.78 is 14.3. The van der Waals surface area contributed by atoms with Crippen molar-refractivity contribution in [3.63, 3.8) is 0 Å². The van der Waals surface area contributed by atoms with E-state index in [1.54, 1.807) is 0 Å². The van der Waals surface area contributed by atoms with Crippen LogP contribution in [-0.4, -0.2) is 47.4 Å². The van der Waals surface area contributed by atoms with Gasteiger partial charge in [-0.15, -0.1) is 0 Å². The molecule has 1 N–H and O–H groups in total. The molecule has 1 aliphatic rings. The van der Waals surface area contributed by atoms with Crippen LogP contribution in [0.1, 0.15) is 53.5 Å². The van der Waals surface area contributed by atoms with Crippen molar-refractivity contribution in [2.45, 2.75) is 77.7 Å². The molecule has 3 unspecified atom stereocenters. The number of esters is 1. The molecule has 2 heterocycles. The Kier molecular flexibility index (Phi) is 6.57. The second-order valence-corrected chi connectivity index (χ2v) is 14.8. The van der Waals surface area contributed by atoms with Crippen molar-refractivity contribution in [1.82, 2.24) is 14.5 Å². The second kappa shape index (κ2) is 8.70. The third kappa shape index (κ3) is 5.15. The first-order valence-corrected chi connectivity index (χ1v) is 13.7. The lowest BCUT2D eigenvalue weighted by atomic mass is 10.1. The number of nitrogens with zero attached hydrogens (tertiary/aromatic N) is 3. The molecule has 1 fully saturated rings. The number of anilines is 1. The van der Waals surface area contributed by atoms with Crippen LogP contribution in [0.25, 0.3) is 11.0 Å². The molecule has 0 radical (unpaired) electrons. The van der Waals surface area contributed by atoms with Crippen LogP contribution >= 0.6 is 0 Å². The van der Waals surface area contributed by atoms with Gasteiger partial charge in [-0.1, -0.05) is 20.8 Å². The maximum absolute atomic E-state index is 11.7. The first-order chi connectivity index (χ1) is 14.4. The fraction of sp³-hybridized carbons (Fsp3) is 0.636. The fourth-order valence-electron chi connectivity index (χ4n) is 3.88. The van der Waals surface area contributed by atoms with Gasteiger partial charge in [-0.25, -0.2) is 9.97 Å². The zero-order valence-electron chi connectivity index (χ0n) is 19.6. The molecular formula is C22H34N4O4Si. The lowest BCUT2D eigenvalue weighted by Gasteiger charge is -2.37. The van der Waals surface area contributed by atoms with Crippen molar-refractivity contribution in [3.8, 4) is 0 Å². The average molecular weight is 447 g/mol. The number of hydrogen-bond donors (Lipinski definition) is 1. The standard InChI is InChI=1S/C22H34N4O4Si/c1-14(27)25-20-18-8-9-26(21(18)24-13-23-20)17-10-16(19(11-17)30-15(2)28)12-29-31(6,7)22(3,4)5/h8-9,13,16-17,19H,10-12H2,1-7H3,(H,23,24,25,27). The molecule has 0 bridgehead atoms. The lowest BCUT2D eigenvalue weighted by molar-refractivity contribution is -0.148. The molecule has 8 nitrogen and oxygen atoms in total. The minimum absolute atomic E-state index is 0.120. The van der Waals surface area contributed by atoms with Crippen molar-refractivity contribution in [2.75, 3.05) is 11.9 Å². The highest BCUT2D eigenvalue weighted by Crippen LogP contribution is 2.42. The fourth-order valence-corrected chi connectivity index (χ4v) is 4.95. The summed E-state index contributed by atoms with van der Waals surface area (Å²) in [6, 6.07) is 2.04. The highest BCUT2D eigenvalue weighted by atomic mass is 28.4. The minimum atomic E-state index is -1.91. The number of nitrogens with one attached hydrogen (secondary N) is 1. The Morgan fingerprint density at radius 2 is 1.94 bits per heavy atom. The van der Waals surface area contributed by atoms with E-state index in [2.05, 4.69) is 53.7 Å². The van der Waals surface area contributed by atoms with Crippen LogP contribution in [0.5, 0.6) is 0 Å². The second-order valence-electron chi connectivity index (χ2n) is 9.97. The molecule has 0 saturated heterocycles. The third-order valence-corrected chi connectivity index (χ3v) is 11.1. The molecule has 170 valence electrons. The minimum Gasteiger partial charge on any atom is -0.462 e. The highest BCUT2D eigenvalue weighted by molar-refractivity contribution is 6.74. The number of fused-ring (bicyclic) bond motifs is 1. The van der Waals surface area contributed by atoms with Crippen molar-refractivity contribution in [1.29, 1.82) is 0 Å². The molecule has 0 aliphatic heterocycles. The zero-order valence-corrected chi connectivity index (χ0v) is 20.6. The maximum Gasteiger partial charge on any atom is 0.302 e. The number of carbonyl (C=O) groups excluding carboxylic acids is 2. The van der Waals surface area contributed by atoms with Gasteiger partial charge in [-0.3, -0.25) is 9.59 Å². The number of amides is 1. The molecule has 2 aromatic heterocycles. The van der Waals surface area contributed by atoms with Gasteiger partial charge in [0.15, 0.2) is 8.32 Å². The van der Waals surface area contributed by atoms with Crippen molar-refractivity contribution in [2.24, 2.45) is 5.92 Å². The Bertz CT molecular complexity index is 966. The first kappa shape index (κ1) is 23.4. The third-order valence-electron chi connectivity index (χ3n) is 6.58. The summed E-state index contributed by atoms with van der Waals surface area (Å²) in [5.74, 6) is 0.183. The van der Waals surface area contributed by atoms with Crippen LogP contribution in [-0.2, 0) is 18.8 Å². The van der Waals surface area contributed by atoms with Gasteiger partial charge < -0.3 is 19.0 Å². The summed E-state index contributed by atoms with van der Waals surface area (Å²) in [5, 5.41) is 3.67. The number of hydrogen-bond acceptors (Lipinski definition) is 6. The summed E-state index contributed by atoms with van der Waals surface area (Å²) in [7, 11) is -1.91. The van der Waals surface area contributed by atoms with Crippen molar-refractivity contribution < 1.29 is 18.8 Å². The normalized spacial score (nSPS) is 22.0. The van der Waals surface area contributed by atoms with Crippen LogP contribution in [0.15, 0.2) is 18.6 Å². The van der Waals surface area contributed by atoms with Gasteiger partial charge in [0.2, 0.25) is 5.91 Å². The number of rotatable bonds is 6. The van der Waals surface area contributed by atoms with E-state index in [0.717, 1.165) is 17.5 Å². The number of carbonyl (C=O) groups is 2. The van der Waals surface area contributed by atoms with E-state index in [-0.39, 0.29) is 35.0 Å². The molecular weight excluding hydrogens is 412 g/mol. The summed E-state index contributed by atoms with van der Waals surface area (Å²) in [4.78, 5) is 31.9. The number of aromatic nitrogens is 3. The molecule has 1 saturated carbocycles. The smallest absolute Gasteiger partial charge is 0.302 e. The van der Waals surface area contributed by atoms with Crippen molar-refractivity contribution >= 4 is 37.0 Å². The quantitative estimate of drug-likeness (QED) is 0.525. The molecule has 2 aromatic rings. The van der Waals surface area contributed by atoms with E-state index in [0.29, 0.717) is 18.8 Å². The summed E-state index contributed by atoms with van der Waals surface area (Å²) in [6.45, 7) is 14.6. The maximum atomic E-state index is 11.7. The predicted octanol–water partition coefficient (Wildman–Crippen LogP) is 4.29. The van der Waals surface area contributed by atoms with Crippen LogP contribution in [0.3, 0.4) is 0 Å². The van der Waals surface area contributed by atoms with E-state index < -0.39 is 8.32 Å². The largest absolute Gasteiger partial charge is 0.462 e. The zero-order chi connectivity index (χ0) is 23.0. The Morgan fingerprint density at radius 1 is 1.23 bits per heavy atom. The molecule has 1 aliphatic carbocycles. The van der Waals surface area contributed by atoms with E-state index in [9.17, 15) is 9.59 Å².